The number of nitrogens with zero attached hydrogens (tertiary/aromatic N) is 4. The number of anilines is 2. The molecule has 172 valence electrons. The number of rotatable bonds is 7. The molecular weight excluding hydrogens is 424 g/mol. The van der Waals surface area contributed by atoms with Crippen LogP contribution in [0.5, 0.6) is 5.75 Å². The Balaban J connectivity index is 1.40. The molecule has 3 heterocycles. The second kappa shape index (κ2) is 9.26. The molecule has 2 atom stereocenters. The third-order valence-electron chi connectivity index (χ3n) is 6.65. The minimum atomic E-state index is 0.0653. The van der Waals surface area contributed by atoms with E-state index in [1.807, 2.05) is 12.1 Å². The van der Waals surface area contributed by atoms with Gasteiger partial charge in [0.1, 0.15) is 22.7 Å². The molecule has 0 spiro atoms. The van der Waals surface area contributed by atoms with E-state index in [-0.39, 0.29) is 23.3 Å². The molecule has 0 aliphatic carbocycles. The average Bonchev–Trinajstić information content (AvgIpc) is 3.34. The van der Waals surface area contributed by atoms with E-state index in [4.69, 9.17) is 21.3 Å². The zero-order chi connectivity index (χ0) is 22.9. The van der Waals surface area contributed by atoms with E-state index in [2.05, 4.69) is 47.7 Å². The summed E-state index contributed by atoms with van der Waals surface area (Å²) in [5.74, 6) is 2.83. The smallest absolute Gasteiger partial charge is 0.227 e. The fourth-order valence-electron chi connectivity index (χ4n) is 4.81. The minimum absolute atomic E-state index is 0.0653. The van der Waals surface area contributed by atoms with Crippen LogP contribution in [0.1, 0.15) is 64.9 Å². The van der Waals surface area contributed by atoms with Crippen LogP contribution in [0.25, 0.3) is 0 Å². The van der Waals surface area contributed by atoms with Gasteiger partial charge in [0.15, 0.2) is 5.82 Å². The van der Waals surface area contributed by atoms with Crippen molar-refractivity contribution in [1.82, 2.24) is 9.97 Å². The molecule has 1 aromatic carbocycles. The summed E-state index contributed by atoms with van der Waals surface area (Å²) in [6, 6.07) is 8.11. The average molecular weight is 457 g/mol. The van der Waals surface area contributed by atoms with E-state index in [1.54, 1.807) is 13.1 Å². The number of ketones is 1. The molecule has 2 aliphatic rings. The molecule has 0 N–H and O–H groups in total. The topological polar surface area (TPSA) is 58.6 Å². The zero-order valence-corrected chi connectivity index (χ0v) is 20.2. The van der Waals surface area contributed by atoms with Crippen molar-refractivity contribution in [2.75, 3.05) is 29.4 Å². The largest absolute Gasteiger partial charge is 0.489 e. The van der Waals surface area contributed by atoms with Crippen molar-refractivity contribution < 1.29 is 9.53 Å². The molecule has 2 aromatic rings. The molecule has 4 rings (SSSR count). The van der Waals surface area contributed by atoms with Crippen LogP contribution in [-0.2, 0) is 4.79 Å². The molecule has 7 heteroatoms. The molecule has 0 saturated carbocycles. The Bertz CT molecular complexity index is 963. The molecule has 2 saturated heterocycles. The fourth-order valence-corrected chi connectivity index (χ4v) is 5.02. The second-order valence-corrected chi connectivity index (χ2v) is 10.2. The number of carbonyl (C=O) groups is 1. The highest BCUT2D eigenvalue weighted by atomic mass is 35.5. The van der Waals surface area contributed by atoms with Crippen LogP contribution in [0.15, 0.2) is 30.5 Å². The number of benzene rings is 1. The summed E-state index contributed by atoms with van der Waals surface area (Å²) >= 11 is 6.49. The molecule has 2 fully saturated rings. The van der Waals surface area contributed by atoms with Gasteiger partial charge in [0.25, 0.3) is 0 Å². The first-order chi connectivity index (χ1) is 15.2. The van der Waals surface area contributed by atoms with Crippen molar-refractivity contribution in [2.24, 2.45) is 0 Å². The summed E-state index contributed by atoms with van der Waals surface area (Å²) in [7, 11) is 0. The maximum Gasteiger partial charge on any atom is 0.227 e. The lowest BCUT2D eigenvalue weighted by molar-refractivity contribution is -0.117. The molecule has 0 radical (unpaired) electrons. The quantitative estimate of drug-likeness (QED) is 0.567. The predicted molar refractivity (Wildman–Crippen MR) is 129 cm³/mol. The van der Waals surface area contributed by atoms with Gasteiger partial charge < -0.3 is 19.3 Å². The number of ether oxygens (including phenoxy) is 1. The van der Waals surface area contributed by atoms with E-state index in [1.165, 1.54) is 0 Å². The Hall–Kier alpha value is -2.34. The summed E-state index contributed by atoms with van der Waals surface area (Å²) < 4.78 is 6.24. The molecule has 0 unspecified atom stereocenters. The fraction of sp³-hybridized carbons (Fsp3) is 0.560. The van der Waals surface area contributed by atoms with Crippen LogP contribution < -0.4 is 14.5 Å². The zero-order valence-electron chi connectivity index (χ0n) is 19.5. The van der Waals surface area contributed by atoms with Gasteiger partial charge in [0.05, 0.1) is 12.7 Å². The molecule has 1 aromatic heterocycles. The maximum absolute atomic E-state index is 11.4. The SMILES string of the molecule is CC(=O)C[C@@H](C)c1ccc(O[C@@H]2CCN(c3nc(N4CCCC4(C)C)ncc3Cl)C2)cc1. The van der Waals surface area contributed by atoms with Crippen LogP contribution >= 0.6 is 11.6 Å². The van der Waals surface area contributed by atoms with Gasteiger partial charge in [-0.25, -0.2) is 4.98 Å². The molecule has 0 amide bonds. The predicted octanol–water partition coefficient (Wildman–Crippen LogP) is 5.25. The summed E-state index contributed by atoms with van der Waals surface area (Å²) in [5, 5.41) is 0.579. The van der Waals surface area contributed by atoms with Gasteiger partial charge in [-0.1, -0.05) is 30.7 Å². The monoisotopic (exact) mass is 456 g/mol. The van der Waals surface area contributed by atoms with Gasteiger partial charge >= 0.3 is 0 Å². The summed E-state index contributed by atoms with van der Waals surface area (Å²) in [5.41, 5.74) is 1.22. The number of hydrogen-bond acceptors (Lipinski definition) is 6. The van der Waals surface area contributed by atoms with Crippen molar-refractivity contribution >= 4 is 29.2 Å². The van der Waals surface area contributed by atoms with Crippen LogP contribution in [0.3, 0.4) is 0 Å². The first-order valence-corrected chi connectivity index (χ1v) is 11.9. The number of carbonyl (C=O) groups excluding carboxylic acids is 1. The van der Waals surface area contributed by atoms with Gasteiger partial charge in [0.2, 0.25) is 5.95 Å². The highest BCUT2D eigenvalue weighted by Crippen LogP contribution is 2.35. The summed E-state index contributed by atoms with van der Waals surface area (Å²) in [6.07, 6.45) is 5.57. The van der Waals surface area contributed by atoms with E-state index in [0.29, 0.717) is 11.4 Å². The normalized spacial score (nSPS) is 21.1. The van der Waals surface area contributed by atoms with E-state index in [0.717, 1.165) is 62.0 Å². The Kier molecular flexibility index (Phi) is 6.61. The highest BCUT2D eigenvalue weighted by molar-refractivity contribution is 6.32. The molecule has 32 heavy (non-hydrogen) atoms. The standard InChI is InChI=1S/C25H33ClN4O2/c1-17(14-18(2)31)19-6-8-20(9-7-19)32-21-10-13-29(16-21)23-22(26)15-27-24(28-23)30-12-5-11-25(30,3)4/h6-9,15,17,21H,5,10-14,16H2,1-4H3/t17-,21-/m1/s1. The molecule has 6 nitrogen and oxygen atoms in total. The van der Waals surface area contributed by atoms with Crippen molar-refractivity contribution in [3.05, 3.63) is 41.0 Å². The van der Waals surface area contributed by atoms with E-state index in [9.17, 15) is 4.79 Å². The van der Waals surface area contributed by atoms with Crippen molar-refractivity contribution in [3.8, 4) is 5.75 Å². The van der Waals surface area contributed by atoms with Crippen molar-refractivity contribution in [1.29, 1.82) is 0 Å². The van der Waals surface area contributed by atoms with Crippen LogP contribution in [0, 0.1) is 0 Å². The van der Waals surface area contributed by atoms with Crippen molar-refractivity contribution in [3.63, 3.8) is 0 Å². The third kappa shape index (κ3) is 5.01. The van der Waals surface area contributed by atoms with Gasteiger partial charge in [-0.15, -0.1) is 0 Å². The molecular formula is C25H33ClN4O2. The minimum Gasteiger partial charge on any atom is -0.489 e. The molecule has 0 bridgehead atoms. The van der Waals surface area contributed by atoms with Gasteiger partial charge in [0, 0.05) is 31.5 Å². The van der Waals surface area contributed by atoms with E-state index < -0.39 is 0 Å². The van der Waals surface area contributed by atoms with Gasteiger partial charge in [-0.3, -0.25) is 0 Å². The van der Waals surface area contributed by atoms with E-state index >= 15 is 0 Å². The van der Waals surface area contributed by atoms with Crippen LogP contribution in [0.2, 0.25) is 5.02 Å². The third-order valence-corrected chi connectivity index (χ3v) is 6.91. The second-order valence-electron chi connectivity index (χ2n) is 9.76. The summed E-state index contributed by atoms with van der Waals surface area (Å²) in [4.78, 5) is 25.2. The molecule has 2 aliphatic heterocycles. The van der Waals surface area contributed by atoms with Crippen LogP contribution in [-0.4, -0.2) is 47.0 Å². The number of aromatic nitrogens is 2. The first-order valence-electron chi connectivity index (χ1n) is 11.5. The van der Waals surface area contributed by atoms with Crippen LogP contribution in [0.4, 0.5) is 11.8 Å². The lowest BCUT2D eigenvalue weighted by Crippen LogP contribution is -2.39. The number of Topliss-reactive ketones (excluding diaryl/α,β-unsaturated/α-hetero) is 1. The number of halogens is 1. The van der Waals surface area contributed by atoms with Gasteiger partial charge in [-0.2, -0.15) is 4.98 Å². The maximum atomic E-state index is 11.4. The first kappa shape index (κ1) is 22.8. The Labute approximate surface area is 195 Å². The summed E-state index contributed by atoms with van der Waals surface area (Å²) in [6.45, 7) is 10.8. The number of hydrogen-bond donors (Lipinski definition) is 0. The lowest BCUT2D eigenvalue weighted by Gasteiger charge is -2.32. The van der Waals surface area contributed by atoms with Gasteiger partial charge in [-0.05, 0) is 57.2 Å². The Morgan fingerprint density at radius 3 is 2.69 bits per heavy atom. The Morgan fingerprint density at radius 2 is 2.03 bits per heavy atom. The lowest BCUT2D eigenvalue weighted by atomic mass is 9.96. The Morgan fingerprint density at radius 1 is 1.28 bits per heavy atom. The van der Waals surface area contributed by atoms with Crippen molar-refractivity contribution in [2.45, 2.75) is 70.9 Å². The highest BCUT2D eigenvalue weighted by Gasteiger charge is 2.35.